The molecule has 5 heteroatoms. The molecule has 0 aromatic heterocycles. The van der Waals surface area contributed by atoms with Crippen LogP contribution in [0.5, 0.6) is 0 Å². The van der Waals surface area contributed by atoms with E-state index < -0.39 is 23.8 Å². The molecule has 0 rings (SSSR count). The molecule has 0 aliphatic carbocycles. The molecule has 2 unspecified atom stereocenters. The summed E-state index contributed by atoms with van der Waals surface area (Å²) in [6.07, 6.45) is 0.639. The van der Waals surface area contributed by atoms with Crippen LogP contribution >= 0.6 is 0 Å². The smallest absolute Gasteiger partial charge is 0.321 e. The van der Waals surface area contributed by atoms with Gasteiger partial charge in [-0.25, -0.2) is 0 Å². The van der Waals surface area contributed by atoms with Crippen LogP contribution in [0.1, 0.15) is 40.5 Å². The maximum atomic E-state index is 11.8. The second-order valence-corrected chi connectivity index (χ2v) is 4.84. The van der Waals surface area contributed by atoms with E-state index in [0.717, 1.165) is 0 Å². The summed E-state index contributed by atoms with van der Waals surface area (Å²) in [6, 6.07) is 1.91. The number of carbonyl (C=O) groups is 2. The van der Waals surface area contributed by atoms with E-state index in [2.05, 4.69) is 0 Å². The predicted molar refractivity (Wildman–Crippen MR) is 65.5 cm³/mol. The molecule has 18 heavy (non-hydrogen) atoms. The van der Waals surface area contributed by atoms with Gasteiger partial charge in [-0.15, -0.1) is 0 Å². The molecule has 0 aliphatic heterocycles. The van der Waals surface area contributed by atoms with Crippen molar-refractivity contribution >= 4 is 11.9 Å². The highest BCUT2D eigenvalue weighted by atomic mass is 16.5. The van der Waals surface area contributed by atoms with Crippen LogP contribution in [0.25, 0.3) is 0 Å². The van der Waals surface area contributed by atoms with Gasteiger partial charge in [0.05, 0.1) is 18.1 Å². The average molecular weight is 255 g/mol. The number of aliphatic carboxylic acids is 1. The Labute approximate surface area is 108 Å². The van der Waals surface area contributed by atoms with Gasteiger partial charge in [-0.05, 0) is 25.7 Å². The van der Waals surface area contributed by atoms with Crippen LogP contribution in [0.2, 0.25) is 0 Å². The van der Waals surface area contributed by atoms with Crippen molar-refractivity contribution in [2.75, 3.05) is 0 Å². The molecule has 0 fully saturated rings. The third-order valence-electron chi connectivity index (χ3n) is 2.71. The summed E-state index contributed by atoms with van der Waals surface area (Å²) in [4.78, 5) is 22.9. The molecule has 1 N–H and O–H groups in total. The molecule has 3 atom stereocenters. The van der Waals surface area contributed by atoms with Gasteiger partial charge in [0, 0.05) is 0 Å². The largest absolute Gasteiger partial charge is 0.481 e. The third-order valence-corrected chi connectivity index (χ3v) is 2.71. The molecule has 0 radical (unpaired) electrons. The number of nitrogens with zero attached hydrogens (tertiary/aromatic N) is 1. The average Bonchev–Trinajstić information content (AvgIpc) is 2.26. The fourth-order valence-electron chi connectivity index (χ4n) is 1.56. The number of rotatable bonds is 7. The Balaban J connectivity index is 4.89. The van der Waals surface area contributed by atoms with Gasteiger partial charge in [-0.2, -0.15) is 5.26 Å². The van der Waals surface area contributed by atoms with E-state index >= 15 is 0 Å². The molecule has 102 valence electrons. The van der Waals surface area contributed by atoms with Gasteiger partial charge in [0.1, 0.15) is 0 Å². The van der Waals surface area contributed by atoms with Crippen molar-refractivity contribution in [3.05, 3.63) is 0 Å². The zero-order chi connectivity index (χ0) is 14.3. The number of nitriles is 1. The summed E-state index contributed by atoms with van der Waals surface area (Å²) >= 11 is 0. The summed E-state index contributed by atoms with van der Waals surface area (Å²) < 4.78 is 5.02. The molecule has 0 aromatic carbocycles. The highest BCUT2D eigenvalue weighted by Gasteiger charge is 2.37. The van der Waals surface area contributed by atoms with Crippen molar-refractivity contribution in [1.82, 2.24) is 0 Å². The number of carbonyl (C=O) groups excluding carboxylic acids is 1. The van der Waals surface area contributed by atoms with Gasteiger partial charge < -0.3 is 9.84 Å². The molecule has 0 amide bonds. The number of esters is 1. The minimum atomic E-state index is -1.40. The first kappa shape index (κ1) is 16.4. The minimum absolute atomic E-state index is 0.146. The Hall–Kier alpha value is -1.57. The second-order valence-electron chi connectivity index (χ2n) is 4.84. The van der Waals surface area contributed by atoms with E-state index in [1.54, 1.807) is 6.92 Å². The Morgan fingerprint density at radius 1 is 1.33 bits per heavy atom. The van der Waals surface area contributed by atoms with E-state index in [0.29, 0.717) is 12.8 Å². The van der Waals surface area contributed by atoms with Crippen LogP contribution < -0.4 is 0 Å². The zero-order valence-corrected chi connectivity index (χ0v) is 11.3. The zero-order valence-electron chi connectivity index (χ0n) is 11.3. The van der Waals surface area contributed by atoms with E-state index in [9.17, 15) is 9.59 Å². The van der Waals surface area contributed by atoms with Gasteiger partial charge in [0.15, 0.2) is 5.92 Å². The first-order chi connectivity index (χ1) is 8.33. The molecule has 0 saturated heterocycles. The predicted octanol–water partition coefficient (Wildman–Crippen LogP) is 2.21. The lowest BCUT2D eigenvalue weighted by atomic mass is 9.86. The SMILES string of the molecule is CCC(C)OC(=O)C(C(=O)O)[C@@H](C#N)CC(C)C. The number of hydrogen-bond donors (Lipinski definition) is 1. The molecule has 0 saturated carbocycles. The second kappa shape index (κ2) is 7.70. The van der Waals surface area contributed by atoms with Crippen molar-refractivity contribution in [3.63, 3.8) is 0 Å². The molecule has 0 aromatic rings. The van der Waals surface area contributed by atoms with Gasteiger partial charge in [0.25, 0.3) is 0 Å². The van der Waals surface area contributed by atoms with Crippen LogP contribution in [0.15, 0.2) is 0 Å². The molecular weight excluding hydrogens is 234 g/mol. The Bertz CT molecular complexity index is 332. The Morgan fingerprint density at radius 2 is 1.89 bits per heavy atom. The summed E-state index contributed by atoms with van der Waals surface area (Å²) in [5.74, 6) is -4.21. The summed E-state index contributed by atoms with van der Waals surface area (Å²) in [6.45, 7) is 7.29. The molecule has 0 spiro atoms. The highest BCUT2D eigenvalue weighted by Crippen LogP contribution is 2.22. The van der Waals surface area contributed by atoms with Crippen LogP contribution in [0.4, 0.5) is 0 Å². The molecule has 0 heterocycles. The lowest BCUT2D eigenvalue weighted by Gasteiger charge is -2.20. The number of carboxylic acids is 1. The van der Waals surface area contributed by atoms with Crippen molar-refractivity contribution in [2.45, 2.75) is 46.6 Å². The number of carboxylic acid groups (broad SMARTS) is 1. The maximum Gasteiger partial charge on any atom is 0.321 e. The minimum Gasteiger partial charge on any atom is -0.481 e. The van der Waals surface area contributed by atoms with Crippen LogP contribution in [-0.4, -0.2) is 23.1 Å². The van der Waals surface area contributed by atoms with Crippen LogP contribution in [-0.2, 0) is 14.3 Å². The highest BCUT2D eigenvalue weighted by molar-refractivity contribution is 5.94. The monoisotopic (exact) mass is 255 g/mol. The number of ether oxygens (including phenoxy) is 1. The summed E-state index contributed by atoms with van der Waals surface area (Å²) in [5, 5.41) is 18.1. The standard InChI is InChI=1S/C13H21NO4/c1-5-9(4)18-13(17)11(12(15)16)10(7-14)6-8(2)3/h8-11H,5-6H2,1-4H3,(H,15,16)/t9?,10-,11?/m1/s1. The Kier molecular flexibility index (Phi) is 7.03. The third kappa shape index (κ3) is 5.17. The van der Waals surface area contributed by atoms with Crippen molar-refractivity contribution in [3.8, 4) is 6.07 Å². The fourth-order valence-corrected chi connectivity index (χ4v) is 1.56. The molecule has 5 nitrogen and oxygen atoms in total. The first-order valence-electron chi connectivity index (χ1n) is 6.16. The fraction of sp³-hybridized carbons (Fsp3) is 0.769. The van der Waals surface area contributed by atoms with Crippen LogP contribution in [0.3, 0.4) is 0 Å². The quantitative estimate of drug-likeness (QED) is 0.556. The van der Waals surface area contributed by atoms with Crippen LogP contribution in [0, 0.1) is 29.1 Å². The van der Waals surface area contributed by atoms with E-state index in [4.69, 9.17) is 15.1 Å². The molecule has 0 aliphatic rings. The van der Waals surface area contributed by atoms with Crippen molar-refractivity contribution in [2.24, 2.45) is 17.8 Å². The lowest BCUT2D eigenvalue weighted by Crippen LogP contribution is -2.34. The van der Waals surface area contributed by atoms with Crippen molar-refractivity contribution in [1.29, 1.82) is 5.26 Å². The number of hydrogen-bond acceptors (Lipinski definition) is 4. The lowest BCUT2D eigenvalue weighted by molar-refractivity contribution is -0.163. The molecular formula is C13H21NO4. The van der Waals surface area contributed by atoms with E-state index in [1.165, 1.54) is 0 Å². The van der Waals surface area contributed by atoms with Gasteiger partial charge in [0.2, 0.25) is 0 Å². The maximum absolute atomic E-state index is 11.8. The first-order valence-corrected chi connectivity index (χ1v) is 6.16. The van der Waals surface area contributed by atoms with Gasteiger partial charge >= 0.3 is 11.9 Å². The topological polar surface area (TPSA) is 87.4 Å². The van der Waals surface area contributed by atoms with Crippen molar-refractivity contribution < 1.29 is 19.4 Å². The Morgan fingerprint density at radius 3 is 2.22 bits per heavy atom. The summed E-state index contributed by atoms with van der Waals surface area (Å²) in [7, 11) is 0. The van der Waals surface area contributed by atoms with E-state index in [1.807, 2.05) is 26.8 Å². The van der Waals surface area contributed by atoms with E-state index in [-0.39, 0.29) is 12.0 Å². The normalized spacial score (nSPS) is 15.6. The van der Waals surface area contributed by atoms with Gasteiger partial charge in [-0.3, -0.25) is 9.59 Å². The summed E-state index contributed by atoms with van der Waals surface area (Å²) in [5.41, 5.74) is 0. The van der Waals surface area contributed by atoms with Gasteiger partial charge in [-0.1, -0.05) is 20.8 Å². The molecule has 0 bridgehead atoms.